The Hall–Kier alpha value is -1.43. The summed E-state index contributed by atoms with van der Waals surface area (Å²) in [6, 6.07) is 0. The highest BCUT2D eigenvalue weighted by Crippen LogP contribution is 2.29. The Morgan fingerprint density at radius 3 is 2.10 bits per heavy atom. The van der Waals surface area contributed by atoms with Gasteiger partial charge in [0.1, 0.15) is 6.10 Å². The van der Waals surface area contributed by atoms with Crippen molar-refractivity contribution < 1.29 is 24.4 Å². The second kappa shape index (κ2) is 17.2. The lowest BCUT2D eigenvalue weighted by atomic mass is 10.00. The van der Waals surface area contributed by atoms with Crippen LogP contribution in [0, 0.1) is 5.92 Å². The normalized spacial score (nSPS) is 22.5. The first kappa shape index (κ1) is 27.6. The van der Waals surface area contributed by atoms with Crippen molar-refractivity contribution in [2.24, 2.45) is 5.92 Å². The van der Waals surface area contributed by atoms with Gasteiger partial charge in [-0.2, -0.15) is 4.89 Å². The van der Waals surface area contributed by atoms with Gasteiger partial charge < -0.3 is 14.6 Å². The fourth-order valence-corrected chi connectivity index (χ4v) is 3.66. The quantitative estimate of drug-likeness (QED) is 0.118. The van der Waals surface area contributed by atoms with E-state index in [0.717, 1.165) is 12.8 Å². The zero-order chi connectivity index (χ0) is 22.8. The maximum Gasteiger partial charge on any atom is 0.220 e. The average Bonchev–Trinajstić information content (AvgIpc) is 2.78. The summed E-state index contributed by atoms with van der Waals surface area (Å²) in [4.78, 5) is 21.6. The second-order valence-electron chi connectivity index (χ2n) is 8.51. The molecule has 3 atom stereocenters. The molecule has 0 amide bonds. The number of ether oxygens (including phenoxy) is 1. The summed E-state index contributed by atoms with van der Waals surface area (Å²) in [6.07, 6.45) is 27.2. The van der Waals surface area contributed by atoms with E-state index in [-0.39, 0.29) is 0 Å². The molecule has 0 bridgehead atoms. The van der Waals surface area contributed by atoms with Crippen molar-refractivity contribution in [1.29, 1.82) is 0 Å². The fraction of sp³-hybridized carbons (Fsp3) is 0.731. The topological polar surface area (TPSA) is 67.8 Å². The number of methoxy groups -OCH3 is 1. The van der Waals surface area contributed by atoms with Crippen LogP contribution in [-0.4, -0.2) is 25.0 Å². The Morgan fingerprint density at radius 2 is 1.61 bits per heavy atom. The van der Waals surface area contributed by atoms with E-state index in [2.05, 4.69) is 24.3 Å². The SMILES string of the molecule is CC=CC=CCCCCCCCCCCCCC[C@]1(OC)C=CC(C(C)C(=O)[O-])OO1. The minimum absolute atomic E-state index is 0.645. The number of carboxylic acid groups (broad SMARTS) is 1. The van der Waals surface area contributed by atoms with Gasteiger partial charge in [-0.15, -0.1) is 0 Å². The Bertz CT molecular complexity index is 554. The van der Waals surface area contributed by atoms with E-state index in [0.29, 0.717) is 6.42 Å². The molecule has 31 heavy (non-hydrogen) atoms. The van der Waals surface area contributed by atoms with Crippen LogP contribution in [0.4, 0.5) is 0 Å². The summed E-state index contributed by atoms with van der Waals surface area (Å²) in [7, 11) is 1.58. The molecule has 0 aromatic rings. The number of aliphatic carboxylic acids is 1. The van der Waals surface area contributed by atoms with Crippen LogP contribution >= 0.6 is 0 Å². The average molecular weight is 436 g/mol. The van der Waals surface area contributed by atoms with Crippen molar-refractivity contribution >= 4 is 5.97 Å². The van der Waals surface area contributed by atoms with Gasteiger partial charge in [-0.25, -0.2) is 4.89 Å². The zero-order valence-corrected chi connectivity index (χ0v) is 19.9. The molecule has 1 aliphatic heterocycles. The number of carboxylic acids is 1. The molecule has 0 spiro atoms. The predicted molar refractivity (Wildman–Crippen MR) is 123 cm³/mol. The van der Waals surface area contributed by atoms with Crippen molar-refractivity contribution in [3.63, 3.8) is 0 Å². The molecule has 0 aliphatic carbocycles. The number of rotatable bonds is 18. The van der Waals surface area contributed by atoms with Gasteiger partial charge in [0.2, 0.25) is 5.79 Å². The molecule has 5 nitrogen and oxygen atoms in total. The van der Waals surface area contributed by atoms with Gasteiger partial charge in [0, 0.05) is 25.4 Å². The Kier molecular flexibility index (Phi) is 15.3. The molecule has 0 N–H and O–H groups in total. The van der Waals surface area contributed by atoms with Gasteiger partial charge in [-0.05, 0) is 32.3 Å². The summed E-state index contributed by atoms with van der Waals surface area (Å²) < 4.78 is 5.49. The summed E-state index contributed by atoms with van der Waals surface area (Å²) in [5.74, 6) is -2.84. The first-order valence-electron chi connectivity index (χ1n) is 12.1. The van der Waals surface area contributed by atoms with Crippen LogP contribution in [-0.2, 0) is 19.3 Å². The standard InChI is InChI=1S/C26H44O5/c1-4-5-6-7-8-9-10-11-12-13-14-15-16-17-18-19-21-26(29-3)22-20-24(30-31-26)23(2)25(27)28/h4-7,20,22-24H,8-19,21H2,1-3H3,(H,27,28)/p-1/t23?,24?,26-/m1/s1. The summed E-state index contributed by atoms with van der Waals surface area (Å²) >= 11 is 0. The Morgan fingerprint density at radius 1 is 1.03 bits per heavy atom. The summed E-state index contributed by atoms with van der Waals surface area (Å²) in [5, 5.41) is 11.0. The van der Waals surface area contributed by atoms with Crippen LogP contribution in [0.2, 0.25) is 0 Å². The van der Waals surface area contributed by atoms with Crippen molar-refractivity contribution in [2.75, 3.05) is 7.11 Å². The molecule has 0 saturated carbocycles. The highest BCUT2D eigenvalue weighted by Gasteiger charge is 2.35. The van der Waals surface area contributed by atoms with Gasteiger partial charge >= 0.3 is 0 Å². The molecule has 5 heteroatoms. The fourth-order valence-electron chi connectivity index (χ4n) is 3.66. The number of allylic oxidation sites excluding steroid dienone is 4. The molecule has 1 aliphatic rings. The van der Waals surface area contributed by atoms with E-state index in [1.807, 2.05) is 6.92 Å². The van der Waals surface area contributed by atoms with Crippen molar-refractivity contribution in [2.45, 2.75) is 109 Å². The largest absolute Gasteiger partial charge is 0.550 e. The molecule has 0 radical (unpaired) electrons. The Balaban J connectivity index is 2.00. The first-order valence-corrected chi connectivity index (χ1v) is 12.1. The summed E-state index contributed by atoms with van der Waals surface area (Å²) in [6.45, 7) is 3.58. The van der Waals surface area contributed by atoms with E-state index < -0.39 is 23.8 Å². The third kappa shape index (κ3) is 12.3. The molecule has 0 fully saturated rings. The molecule has 0 saturated heterocycles. The highest BCUT2D eigenvalue weighted by atomic mass is 17.2. The lowest BCUT2D eigenvalue weighted by Gasteiger charge is -2.35. The molecule has 1 rings (SSSR count). The molecular formula is C26H43O5-. The van der Waals surface area contributed by atoms with E-state index in [4.69, 9.17) is 14.5 Å². The predicted octanol–water partition coefficient (Wildman–Crippen LogP) is 5.81. The summed E-state index contributed by atoms with van der Waals surface area (Å²) in [5.41, 5.74) is 0. The number of hydrogen-bond donors (Lipinski definition) is 0. The van der Waals surface area contributed by atoms with E-state index in [9.17, 15) is 9.90 Å². The number of unbranched alkanes of at least 4 members (excludes halogenated alkanes) is 11. The van der Waals surface area contributed by atoms with E-state index in [1.54, 1.807) is 26.2 Å². The van der Waals surface area contributed by atoms with Crippen LogP contribution in [0.25, 0.3) is 0 Å². The number of hydrogen-bond acceptors (Lipinski definition) is 5. The minimum Gasteiger partial charge on any atom is -0.550 e. The third-order valence-corrected chi connectivity index (χ3v) is 5.89. The van der Waals surface area contributed by atoms with E-state index >= 15 is 0 Å². The second-order valence-corrected chi connectivity index (χ2v) is 8.51. The van der Waals surface area contributed by atoms with Crippen LogP contribution in [0.1, 0.15) is 97.3 Å². The Labute approximate surface area is 189 Å². The number of carbonyl (C=O) groups is 1. The molecule has 1 heterocycles. The van der Waals surface area contributed by atoms with Crippen LogP contribution in [0.3, 0.4) is 0 Å². The van der Waals surface area contributed by atoms with Crippen molar-refractivity contribution in [3.05, 3.63) is 36.5 Å². The molecule has 0 aromatic heterocycles. The van der Waals surface area contributed by atoms with Crippen LogP contribution < -0.4 is 5.11 Å². The zero-order valence-electron chi connectivity index (χ0n) is 19.9. The maximum atomic E-state index is 11.0. The highest BCUT2D eigenvalue weighted by molar-refractivity contribution is 5.68. The lowest BCUT2D eigenvalue weighted by molar-refractivity contribution is -0.434. The number of carbonyl (C=O) groups excluding carboxylic acids is 1. The molecule has 0 aromatic carbocycles. The van der Waals surface area contributed by atoms with Gasteiger partial charge in [-0.1, -0.05) is 95.1 Å². The maximum absolute atomic E-state index is 11.0. The van der Waals surface area contributed by atoms with Crippen molar-refractivity contribution in [3.8, 4) is 0 Å². The van der Waals surface area contributed by atoms with Gasteiger partial charge in [0.15, 0.2) is 0 Å². The van der Waals surface area contributed by atoms with Crippen molar-refractivity contribution in [1.82, 2.24) is 0 Å². The smallest absolute Gasteiger partial charge is 0.220 e. The van der Waals surface area contributed by atoms with Crippen LogP contribution in [0.15, 0.2) is 36.5 Å². The third-order valence-electron chi connectivity index (χ3n) is 5.89. The van der Waals surface area contributed by atoms with Gasteiger partial charge in [-0.3, -0.25) is 0 Å². The minimum atomic E-state index is -1.16. The molecule has 178 valence electrons. The molecule has 2 unspecified atom stereocenters. The van der Waals surface area contributed by atoms with Crippen LogP contribution in [0.5, 0.6) is 0 Å². The first-order chi connectivity index (χ1) is 15.0. The van der Waals surface area contributed by atoms with E-state index in [1.165, 1.54) is 64.2 Å². The van der Waals surface area contributed by atoms with Gasteiger partial charge in [0.25, 0.3) is 0 Å². The van der Waals surface area contributed by atoms with Gasteiger partial charge in [0.05, 0.1) is 0 Å². The molecular weight excluding hydrogens is 392 g/mol. The lowest BCUT2D eigenvalue weighted by Crippen LogP contribution is -2.43. The monoisotopic (exact) mass is 435 g/mol.